The minimum Gasteiger partial charge on any atom is -0.326 e. The summed E-state index contributed by atoms with van der Waals surface area (Å²) < 4.78 is 0. The molecule has 1 aliphatic rings. The lowest BCUT2D eigenvalue weighted by molar-refractivity contribution is -0.117. The van der Waals surface area contributed by atoms with Gasteiger partial charge in [0.25, 0.3) is 0 Å². The molecule has 1 atom stereocenters. The topological polar surface area (TPSA) is 58.2 Å². The van der Waals surface area contributed by atoms with Gasteiger partial charge in [-0.15, -0.1) is 11.8 Å². The van der Waals surface area contributed by atoms with Gasteiger partial charge < -0.3 is 10.6 Å². The fourth-order valence-corrected chi connectivity index (χ4v) is 3.71. The summed E-state index contributed by atoms with van der Waals surface area (Å²) in [5.41, 5.74) is 3.86. The zero-order chi connectivity index (χ0) is 18.7. The van der Waals surface area contributed by atoms with Gasteiger partial charge in [0, 0.05) is 22.2 Å². The number of hydrogen-bond donors (Lipinski definition) is 2. The van der Waals surface area contributed by atoms with Crippen LogP contribution in [0, 0.1) is 19.8 Å². The predicted octanol–water partition coefficient (Wildman–Crippen LogP) is 4.77. The summed E-state index contributed by atoms with van der Waals surface area (Å²) in [7, 11) is 0. The lowest BCUT2D eigenvalue weighted by atomic mass is 10.1. The number of carbonyl (C=O) groups excluding carboxylic acids is 2. The second-order valence-electron chi connectivity index (χ2n) is 6.92. The van der Waals surface area contributed by atoms with E-state index < -0.39 is 0 Å². The van der Waals surface area contributed by atoms with E-state index in [0.29, 0.717) is 0 Å². The third kappa shape index (κ3) is 5.11. The van der Waals surface area contributed by atoms with Crippen molar-refractivity contribution in [2.75, 3.05) is 10.6 Å². The molecule has 0 saturated heterocycles. The predicted molar refractivity (Wildman–Crippen MR) is 108 cm³/mol. The van der Waals surface area contributed by atoms with E-state index in [0.717, 1.165) is 40.2 Å². The van der Waals surface area contributed by atoms with E-state index in [-0.39, 0.29) is 23.0 Å². The molecule has 5 heteroatoms. The van der Waals surface area contributed by atoms with E-state index in [1.807, 2.05) is 57.2 Å². The van der Waals surface area contributed by atoms with Crippen molar-refractivity contribution in [2.24, 2.45) is 5.92 Å². The molecule has 2 aromatic rings. The first kappa shape index (κ1) is 18.5. The number of hydrogen-bond acceptors (Lipinski definition) is 3. The van der Waals surface area contributed by atoms with Crippen LogP contribution >= 0.6 is 11.8 Å². The first-order chi connectivity index (χ1) is 12.4. The molecular weight excluding hydrogens is 344 g/mol. The van der Waals surface area contributed by atoms with Crippen LogP contribution in [-0.4, -0.2) is 17.1 Å². The molecule has 0 bridgehead atoms. The molecule has 0 aliphatic heterocycles. The maximum absolute atomic E-state index is 12.5. The van der Waals surface area contributed by atoms with Crippen LogP contribution in [0.15, 0.2) is 47.4 Å². The number of benzene rings is 2. The fraction of sp³-hybridized carbons (Fsp3) is 0.333. The standard InChI is InChI=1S/C21H24N2O2S/c1-13-9-14(2)11-18(10-13)23-20(24)15(3)26-19-6-4-5-17(12-19)22-21(25)16-7-8-16/h4-6,9-12,15-16H,7-8H2,1-3H3,(H,22,25)(H,23,24). The molecule has 136 valence electrons. The molecular formula is C21H24N2O2S. The Morgan fingerprint density at radius 1 is 1.00 bits per heavy atom. The summed E-state index contributed by atoms with van der Waals surface area (Å²) in [6.07, 6.45) is 1.96. The first-order valence-electron chi connectivity index (χ1n) is 8.87. The smallest absolute Gasteiger partial charge is 0.237 e. The molecule has 0 aromatic heterocycles. The molecule has 26 heavy (non-hydrogen) atoms. The van der Waals surface area contributed by atoms with Gasteiger partial charge in [-0.05, 0) is 75.1 Å². The van der Waals surface area contributed by atoms with E-state index in [1.165, 1.54) is 11.8 Å². The maximum atomic E-state index is 12.5. The number of amides is 2. The second kappa shape index (κ2) is 7.96. The minimum atomic E-state index is -0.245. The molecule has 1 fully saturated rings. The van der Waals surface area contributed by atoms with E-state index in [4.69, 9.17) is 0 Å². The van der Waals surface area contributed by atoms with Crippen LogP contribution in [0.3, 0.4) is 0 Å². The van der Waals surface area contributed by atoms with Crippen molar-refractivity contribution in [1.82, 2.24) is 0 Å². The van der Waals surface area contributed by atoms with E-state index >= 15 is 0 Å². The molecule has 2 amide bonds. The molecule has 0 spiro atoms. The van der Waals surface area contributed by atoms with E-state index in [2.05, 4.69) is 16.7 Å². The van der Waals surface area contributed by atoms with Crippen molar-refractivity contribution in [3.8, 4) is 0 Å². The van der Waals surface area contributed by atoms with Gasteiger partial charge >= 0.3 is 0 Å². The Hall–Kier alpha value is -2.27. The van der Waals surface area contributed by atoms with Crippen molar-refractivity contribution in [2.45, 2.75) is 43.8 Å². The van der Waals surface area contributed by atoms with E-state index in [9.17, 15) is 9.59 Å². The Morgan fingerprint density at radius 2 is 1.69 bits per heavy atom. The lowest BCUT2D eigenvalue weighted by Crippen LogP contribution is -2.22. The van der Waals surface area contributed by atoms with Gasteiger partial charge in [-0.1, -0.05) is 12.1 Å². The van der Waals surface area contributed by atoms with Gasteiger partial charge in [0.05, 0.1) is 5.25 Å². The number of rotatable bonds is 6. The summed E-state index contributed by atoms with van der Waals surface area (Å²) in [6, 6.07) is 13.7. The molecule has 1 aliphatic carbocycles. The molecule has 3 rings (SSSR count). The van der Waals surface area contributed by atoms with Gasteiger partial charge in [-0.3, -0.25) is 9.59 Å². The molecule has 0 radical (unpaired) electrons. The van der Waals surface area contributed by atoms with Crippen LogP contribution < -0.4 is 10.6 Å². The highest BCUT2D eigenvalue weighted by Crippen LogP contribution is 2.31. The summed E-state index contributed by atoms with van der Waals surface area (Å²) in [6.45, 7) is 5.92. The van der Waals surface area contributed by atoms with Gasteiger partial charge in [0.15, 0.2) is 0 Å². The van der Waals surface area contributed by atoms with Crippen LogP contribution in [0.4, 0.5) is 11.4 Å². The summed E-state index contributed by atoms with van der Waals surface area (Å²) in [5, 5.41) is 5.69. The van der Waals surface area contributed by atoms with Crippen LogP contribution in [0.2, 0.25) is 0 Å². The average molecular weight is 369 g/mol. The highest BCUT2D eigenvalue weighted by atomic mass is 32.2. The number of thioether (sulfide) groups is 1. The molecule has 2 N–H and O–H groups in total. The SMILES string of the molecule is Cc1cc(C)cc(NC(=O)C(C)Sc2cccc(NC(=O)C3CC3)c2)c1. The highest BCUT2D eigenvalue weighted by Gasteiger charge is 2.29. The Kier molecular flexibility index (Phi) is 5.67. The number of nitrogens with one attached hydrogen (secondary N) is 2. The van der Waals surface area contributed by atoms with Crippen molar-refractivity contribution in [1.29, 1.82) is 0 Å². The van der Waals surface area contributed by atoms with Crippen molar-refractivity contribution >= 4 is 35.0 Å². The molecule has 4 nitrogen and oxygen atoms in total. The third-order valence-corrected chi connectivity index (χ3v) is 5.31. The van der Waals surface area contributed by atoms with Crippen molar-refractivity contribution in [3.63, 3.8) is 0 Å². The quantitative estimate of drug-likeness (QED) is 0.722. The third-order valence-electron chi connectivity index (χ3n) is 4.22. The number of carbonyl (C=O) groups is 2. The summed E-state index contributed by atoms with van der Waals surface area (Å²) >= 11 is 1.48. The fourth-order valence-electron chi connectivity index (χ4n) is 2.79. The summed E-state index contributed by atoms with van der Waals surface area (Å²) in [5.74, 6) is 0.231. The zero-order valence-electron chi connectivity index (χ0n) is 15.3. The zero-order valence-corrected chi connectivity index (χ0v) is 16.2. The minimum absolute atomic E-state index is 0.0348. The Morgan fingerprint density at radius 3 is 2.35 bits per heavy atom. The van der Waals surface area contributed by atoms with Crippen LogP contribution in [0.5, 0.6) is 0 Å². The van der Waals surface area contributed by atoms with Gasteiger partial charge in [-0.2, -0.15) is 0 Å². The van der Waals surface area contributed by atoms with Crippen molar-refractivity contribution < 1.29 is 9.59 Å². The largest absolute Gasteiger partial charge is 0.326 e. The van der Waals surface area contributed by atoms with Gasteiger partial charge in [0.2, 0.25) is 11.8 Å². The number of aryl methyl sites for hydroxylation is 2. The van der Waals surface area contributed by atoms with Crippen LogP contribution in [-0.2, 0) is 9.59 Å². The average Bonchev–Trinajstić information content (AvgIpc) is 3.39. The Bertz CT molecular complexity index is 810. The van der Waals surface area contributed by atoms with Crippen molar-refractivity contribution in [3.05, 3.63) is 53.6 Å². The first-order valence-corrected chi connectivity index (χ1v) is 9.75. The Labute approximate surface area is 158 Å². The molecule has 2 aromatic carbocycles. The van der Waals surface area contributed by atoms with Crippen LogP contribution in [0.25, 0.3) is 0 Å². The molecule has 0 heterocycles. The van der Waals surface area contributed by atoms with Gasteiger partial charge in [-0.25, -0.2) is 0 Å². The number of anilines is 2. The highest BCUT2D eigenvalue weighted by molar-refractivity contribution is 8.00. The maximum Gasteiger partial charge on any atom is 0.237 e. The monoisotopic (exact) mass is 368 g/mol. The second-order valence-corrected chi connectivity index (χ2v) is 8.33. The van der Waals surface area contributed by atoms with Gasteiger partial charge in [0.1, 0.15) is 0 Å². The van der Waals surface area contributed by atoms with Crippen LogP contribution in [0.1, 0.15) is 30.9 Å². The summed E-state index contributed by atoms with van der Waals surface area (Å²) in [4.78, 5) is 25.4. The molecule has 1 saturated carbocycles. The lowest BCUT2D eigenvalue weighted by Gasteiger charge is -2.14. The van der Waals surface area contributed by atoms with E-state index in [1.54, 1.807) is 0 Å². The molecule has 1 unspecified atom stereocenters. The normalized spacial score (nSPS) is 14.6. The Balaban J connectivity index is 1.60.